The van der Waals surface area contributed by atoms with E-state index in [1.165, 1.54) is 12.0 Å². The zero-order chi connectivity index (χ0) is 19.2. The molecule has 0 aromatic carbocycles. The zero-order valence-electron chi connectivity index (χ0n) is 16.2. The van der Waals surface area contributed by atoms with E-state index in [2.05, 4.69) is 22.2 Å². The summed E-state index contributed by atoms with van der Waals surface area (Å²) in [7, 11) is 0. The van der Waals surface area contributed by atoms with E-state index in [1.54, 1.807) is 6.20 Å². The topological polar surface area (TPSA) is 72.8 Å². The Morgan fingerprint density at radius 3 is 2.86 bits per heavy atom. The van der Waals surface area contributed by atoms with Gasteiger partial charge in [-0.25, -0.2) is 9.97 Å². The van der Waals surface area contributed by atoms with Crippen molar-refractivity contribution >= 4 is 0 Å². The van der Waals surface area contributed by atoms with Gasteiger partial charge in [-0.3, -0.25) is 9.97 Å². The molecule has 1 N–H and O–H groups in total. The quantitative estimate of drug-likeness (QED) is 0.681. The first kappa shape index (κ1) is 18.5. The van der Waals surface area contributed by atoms with Gasteiger partial charge in [-0.05, 0) is 49.9 Å². The van der Waals surface area contributed by atoms with Crippen molar-refractivity contribution in [3.63, 3.8) is 0 Å². The van der Waals surface area contributed by atoms with Crippen molar-refractivity contribution in [1.82, 2.24) is 25.3 Å². The Labute approximate surface area is 165 Å². The Morgan fingerprint density at radius 2 is 2.00 bits per heavy atom. The molecule has 0 saturated carbocycles. The van der Waals surface area contributed by atoms with Crippen LogP contribution in [0.5, 0.6) is 5.88 Å². The van der Waals surface area contributed by atoms with Crippen LogP contribution >= 0.6 is 0 Å². The van der Waals surface area contributed by atoms with Crippen LogP contribution < -0.4 is 10.1 Å². The number of rotatable bonds is 7. The lowest BCUT2D eigenvalue weighted by Crippen LogP contribution is -2.14. The fourth-order valence-electron chi connectivity index (χ4n) is 3.49. The minimum absolute atomic E-state index is 0.401. The maximum Gasteiger partial charge on any atom is 0.214 e. The molecule has 3 aromatic rings. The molecule has 0 spiro atoms. The predicted molar refractivity (Wildman–Crippen MR) is 108 cm³/mol. The molecule has 6 heteroatoms. The maximum atomic E-state index is 5.98. The lowest BCUT2D eigenvalue weighted by molar-refractivity contribution is 0.288. The van der Waals surface area contributed by atoms with Gasteiger partial charge in [-0.1, -0.05) is 13.0 Å². The molecule has 0 aliphatic heterocycles. The van der Waals surface area contributed by atoms with E-state index < -0.39 is 0 Å². The minimum Gasteiger partial charge on any atom is -0.471 e. The second kappa shape index (κ2) is 8.89. The summed E-state index contributed by atoms with van der Waals surface area (Å²) in [5.41, 5.74) is 6.21. The van der Waals surface area contributed by atoms with Gasteiger partial charge in [0.05, 0.1) is 23.3 Å². The summed E-state index contributed by atoms with van der Waals surface area (Å²) < 4.78 is 5.98. The molecule has 0 fully saturated rings. The van der Waals surface area contributed by atoms with Crippen molar-refractivity contribution in [3.05, 3.63) is 65.5 Å². The number of hydrogen-bond acceptors (Lipinski definition) is 6. The summed E-state index contributed by atoms with van der Waals surface area (Å²) in [6.45, 7) is 4.11. The molecule has 1 aliphatic rings. The fourth-order valence-corrected chi connectivity index (χ4v) is 3.49. The standard InChI is InChI=1S/C22H25N5O/c1-2-23-12-17-13-24-14-21(26-17)19-11-22(27-20-9-4-3-8-18(19)20)28-15-16-7-5-6-10-25-16/h5-7,10-11,13-14,23H,2-4,8-9,12,15H2,1H3. The zero-order valence-corrected chi connectivity index (χ0v) is 16.2. The minimum atomic E-state index is 0.401. The molecule has 0 unspecified atom stereocenters. The van der Waals surface area contributed by atoms with Crippen LogP contribution in [-0.4, -0.2) is 26.5 Å². The highest BCUT2D eigenvalue weighted by Gasteiger charge is 2.19. The van der Waals surface area contributed by atoms with E-state index in [4.69, 9.17) is 14.7 Å². The molecule has 144 valence electrons. The van der Waals surface area contributed by atoms with Crippen molar-refractivity contribution in [2.24, 2.45) is 0 Å². The third-order valence-corrected chi connectivity index (χ3v) is 4.89. The Bertz CT molecular complexity index is 929. The third-order valence-electron chi connectivity index (χ3n) is 4.89. The second-order valence-electron chi connectivity index (χ2n) is 6.93. The summed E-state index contributed by atoms with van der Waals surface area (Å²) in [6.07, 6.45) is 9.77. The molecular formula is C22H25N5O. The van der Waals surface area contributed by atoms with E-state index in [-0.39, 0.29) is 0 Å². The van der Waals surface area contributed by atoms with Crippen LogP contribution in [0.15, 0.2) is 42.9 Å². The maximum absolute atomic E-state index is 5.98. The smallest absolute Gasteiger partial charge is 0.214 e. The summed E-state index contributed by atoms with van der Waals surface area (Å²) in [4.78, 5) is 18.3. The molecule has 0 radical (unpaired) electrons. The van der Waals surface area contributed by atoms with E-state index in [0.29, 0.717) is 19.0 Å². The van der Waals surface area contributed by atoms with Crippen LogP contribution in [0.4, 0.5) is 0 Å². The van der Waals surface area contributed by atoms with Crippen molar-refractivity contribution in [3.8, 4) is 17.1 Å². The van der Waals surface area contributed by atoms with Crippen LogP contribution in [0.1, 0.15) is 42.4 Å². The number of pyridine rings is 2. The van der Waals surface area contributed by atoms with E-state index in [9.17, 15) is 0 Å². The lowest BCUT2D eigenvalue weighted by atomic mass is 9.91. The molecule has 3 heterocycles. The second-order valence-corrected chi connectivity index (χ2v) is 6.93. The van der Waals surface area contributed by atoms with Gasteiger partial charge in [0.2, 0.25) is 5.88 Å². The first-order chi connectivity index (χ1) is 13.8. The van der Waals surface area contributed by atoms with Gasteiger partial charge in [-0.15, -0.1) is 0 Å². The van der Waals surface area contributed by atoms with Gasteiger partial charge in [0.25, 0.3) is 0 Å². The normalized spacial score (nSPS) is 13.2. The lowest BCUT2D eigenvalue weighted by Gasteiger charge is -2.20. The van der Waals surface area contributed by atoms with Crippen molar-refractivity contribution in [2.75, 3.05) is 6.54 Å². The van der Waals surface area contributed by atoms with Gasteiger partial charge < -0.3 is 10.1 Å². The summed E-state index contributed by atoms with van der Waals surface area (Å²) >= 11 is 0. The van der Waals surface area contributed by atoms with Crippen LogP contribution in [0.2, 0.25) is 0 Å². The average molecular weight is 375 g/mol. The Hall–Kier alpha value is -2.86. The third kappa shape index (κ3) is 4.34. The highest BCUT2D eigenvalue weighted by molar-refractivity contribution is 5.66. The molecule has 0 bridgehead atoms. The van der Waals surface area contributed by atoms with Crippen molar-refractivity contribution in [2.45, 2.75) is 45.8 Å². The Morgan fingerprint density at radius 1 is 1.07 bits per heavy atom. The van der Waals surface area contributed by atoms with E-state index in [0.717, 1.165) is 54.1 Å². The predicted octanol–water partition coefficient (Wildman–Crippen LogP) is 3.50. The number of aryl methyl sites for hydroxylation is 1. The molecule has 3 aromatic heterocycles. The largest absolute Gasteiger partial charge is 0.471 e. The van der Waals surface area contributed by atoms with Gasteiger partial charge in [0.15, 0.2) is 0 Å². The fraction of sp³-hybridized carbons (Fsp3) is 0.364. The molecule has 0 atom stereocenters. The van der Waals surface area contributed by atoms with Crippen LogP contribution in [0.25, 0.3) is 11.3 Å². The molecule has 1 aliphatic carbocycles. The first-order valence-electron chi connectivity index (χ1n) is 9.91. The summed E-state index contributed by atoms with van der Waals surface area (Å²) in [5.74, 6) is 0.625. The van der Waals surface area contributed by atoms with Gasteiger partial charge >= 0.3 is 0 Å². The average Bonchev–Trinajstić information content (AvgIpc) is 2.76. The molecule has 0 amide bonds. The number of ether oxygens (including phenoxy) is 1. The van der Waals surface area contributed by atoms with Crippen LogP contribution in [0, 0.1) is 0 Å². The Kier molecular flexibility index (Phi) is 5.87. The van der Waals surface area contributed by atoms with Crippen molar-refractivity contribution in [1.29, 1.82) is 0 Å². The number of hydrogen-bond donors (Lipinski definition) is 1. The number of nitrogens with zero attached hydrogens (tertiary/aromatic N) is 4. The van der Waals surface area contributed by atoms with Crippen LogP contribution in [0.3, 0.4) is 0 Å². The SMILES string of the molecule is CCNCc1cncc(-c2cc(OCc3ccccn3)nc3c2CCCC3)n1. The van der Waals surface area contributed by atoms with Gasteiger partial charge in [-0.2, -0.15) is 0 Å². The highest BCUT2D eigenvalue weighted by Crippen LogP contribution is 2.32. The summed E-state index contributed by atoms with van der Waals surface area (Å²) in [5, 5.41) is 3.31. The van der Waals surface area contributed by atoms with E-state index in [1.807, 2.05) is 36.7 Å². The summed E-state index contributed by atoms with van der Waals surface area (Å²) in [6, 6.07) is 7.82. The first-order valence-corrected chi connectivity index (χ1v) is 9.91. The molecule has 6 nitrogen and oxygen atoms in total. The molecular weight excluding hydrogens is 350 g/mol. The van der Waals surface area contributed by atoms with E-state index >= 15 is 0 Å². The van der Waals surface area contributed by atoms with Crippen LogP contribution in [-0.2, 0) is 26.0 Å². The highest BCUT2D eigenvalue weighted by atomic mass is 16.5. The van der Waals surface area contributed by atoms with Gasteiger partial charge in [0.1, 0.15) is 6.61 Å². The van der Waals surface area contributed by atoms with Gasteiger partial charge in [0, 0.05) is 36.3 Å². The van der Waals surface area contributed by atoms with Crippen molar-refractivity contribution < 1.29 is 4.74 Å². The molecule has 0 saturated heterocycles. The number of nitrogens with one attached hydrogen (secondary N) is 1. The molecule has 4 rings (SSSR count). The Balaban J connectivity index is 1.65. The molecule has 28 heavy (non-hydrogen) atoms. The monoisotopic (exact) mass is 375 g/mol. The number of fused-ring (bicyclic) bond motifs is 1. The number of aromatic nitrogens is 4.